The highest BCUT2D eigenvalue weighted by atomic mass is 32.2. The fourth-order valence-corrected chi connectivity index (χ4v) is 3.08. The van der Waals surface area contributed by atoms with E-state index in [0.29, 0.717) is 12.8 Å². The zero-order valence-corrected chi connectivity index (χ0v) is 12.4. The molecular weight excluding hydrogens is 284 g/mol. The minimum absolute atomic E-state index is 0.0815. The maximum absolute atomic E-state index is 12.2. The lowest BCUT2D eigenvalue weighted by molar-refractivity contribution is -0.151. The van der Waals surface area contributed by atoms with Crippen LogP contribution in [-0.4, -0.2) is 37.4 Å². The molecule has 0 bridgehead atoms. The Balaban J connectivity index is 2.29. The predicted octanol–water partition coefficient (Wildman–Crippen LogP) is 0.989. The summed E-state index contributed by atoms with van der Waals surface area (Å²) in [4.78, 5) is 16.3. The molecule has 1 aromatic rings. The van der Waals surface area contributed by atoms with Gasteiger partial charge in [-0.15, -0.1) is 0 Å². The van der Waals surface area contributed by atoms with Crippen LogP contribution in [0.1, 0.15) is 44.3 Å². The monoisotopic (exact) mass is 302 g/mol. The first-order valence-corrected chi connectivity index (χ1v) is 8.61. The van der Waals surface area contributed by atoms with Crippen LogP contribution in [0.3, 0.4) is 0 Å². The molecule has 8 heteroatoms. The molecule has 112 valence electrons. The average Bonchev–Trinajstić information content (AvgIpc) is 2.95. The molecule has 1 aliphatic carbocycles. The van der Waals surface area contributed by atoms with Crippen molar-refractivity contribution in [2.45, 2.75) is 43.8 Å². The summed E-state index contributed by atoms with van der Waals surface area (Å²) in [5.74, 6) is -0.410. The van der Waals surface area contributed by atoms with Gasteiger partial charge >= 0.3 is 5.97 Å². The third kappa shape index (κ3) is 3.00. The normalized spacial score (nSPS) is 18.1. The van der Waals surface area contributed by atoms with E-state index in [2.05, 4.69) is 10.1 Å². The molecule has 0 radical (unpaired) electrons. The zero-order chi connectivity index (χ0) is 14.8. The number of hydrogen-bond acceptors (Lipinski definition) is 7. The summed E-state index contributed by atoms with van der Waals surface area (Å²) in [6.07, 6.45) is 4.03. The first-order valence-electron chi connectivity index (χ1n) is 6.55. The van der Waals surface area contributed by atoms with Gasteiger partial charge in [0.05, 0.1) is 6.61 Å². The molecule has 1 aliphatic rings. The van der Waals surface area contributed by atoms with E-state index in [0.717, 1.165) is 19.1 Å². The molecule has 0 amide bonds. The fourth-order valence-electron chi connectivity index (χ4n) is 2.49. The first kappa shape index (κ1) is 15.0. The molecule has 0 unspecified atom stereocenters. The molecule has 0 spiro atoms. The van der Waals surface area contributed by atoms with Gasteiger partial charge in [-0.3, -0.25) is 4.79 Å². The molecule has 1 saturated carbocycles. The van der Waals surface area contributed by atoms with Gasteiger partial charge in [0.15, 0.2) is 15.7 Å². The van der Waals surface area contributed by atoms with E-state index in [-0.39, 0.29) is 30.0 Å². The van der Waals surface area contributed by atoms with Crippen molar-refractivity contribution in [3.63, 3.8) is 0 Å². The van der Waals surface area contributed by atoms with Crippen LogP contribution < -0.4 is 0 Å². The van der Waals surface area contributed by atoms with Crippen LogP contribution in [0.5, 0.6) is 0 Å². The van der Waals surface area contributed by atoms with Crippen molar-refractivity contribution in [2.75, 3.05) is 12.9 Å². The summed E-state index contributed by atoms with van der Waals surface area (Å²) < 4.78 is 32.7. The van der Waals surface area contributed by atoms with E-state index in [9.17, 15) is 13.2 Å². The van der Waals surface area contributed by atoms with Crippen LogP contribution in [-0.2, 0) is 30.5 Å². The van der Waals surface area contributed by atoms with Crippen molar-refractivity contribution in [1.29, 1.82) is 0 Å². The highest BCUT2D eigenvalue weighted by Crippen LogP contribution is 2.41. The summed E-state index contributed by atoms with van der Waals surface area (Å²) in [6, 6.07) is 0. The Hall–Kier alpha value is -1.44. The van der Waals surface area contributed by atoms with Gasteiger partial charge in [-0.1, -0.05) is 18.0 Å². The molecule has 2 rings (SSSR count). The van der Waals surface area contributed by atoms with E-state index < -0.39 is 15.3 Å². The van der Waals surface area contributed by atoms with E-state index >= 15 is 0 Å². The lowest BCUT2D eigenvalue weighted by atomic mass is 9.86. The van der Waals surface area contributed by atoms with E-state index in [1.165, 1.54) is 0 Å². The highest BCUT2D eigenvalue weighted by molar-refractivity contribution is 7.89. The number of sulfone groups is 1. The second kappa shape index (κ2) is 5.51. The zero-order valence-electron chi connectivity index (χ0n) is 11.6. The summed E-state index contributed by atoms with van der Waals surface area (Å²) in [5, 5.41) is 3.66. The van der Waals surface area contributed by atoms with Gasteiger partial charge in [0.2, 0.25) is 5.89 Å². The van der Waals surface area contributed by atoms with Gasteiger partial charge in [-0.2, -0.15) is 4.98 Å². The Morgan fingerprint density at radius 3 is 2.60 bits per heavy atom. The quantitative estimate of drug-likeness (QED) is 0.748. The van der Waals surface area contributed by atoms with Crippen molar-refractivity contribution in [1.82, 2.24) is 10.1 Å². The molecule has 1 aromatic heterocycles. The smallest absolute Gasteiger partial charge is 0.321 e. The molecule has 0 atom stereocenters. The average molecular weight is 302 g/mol. The largest absolute Gasteiger partial charge is 0.465 e. The second-order valence-corrected chi connectivity index (χ2v) is 7.24. The van der Waals surface area contributed by atoms with Gasteiger partial charge < -0.3 is 9.26 Å². The third-order valence-electron chi connectivity index (χ3n) is 3.39. The Morgan fingerprint density at radius 1 is 1.40 bits per heavy atom. The van der Waals surface area contributed by atoms with E-state index in [1.54, 1.807) is 6.92 Å². The van der Waals surface area contributed by atoms with Crippen LogP contribution in [0, 0.1) is 0 Å². The molecule has 0 N–H and O–H groups in total. The van der Waals surface area contributed by atoms with Crippen molar-refractivity contribution in [2.24, 2.45) is 0 Å². The second-order valence-electron chi connectivity index (χ2n) is 5.10. The number of aromatic nitrogens is 2. The maximum Gasteiger partial charge on any atom is 0.321 e. The van der Waals surface area contributed by atoms with Gasteiger partial charge in [0, 0.05) is 6.26 Å². The fraction of sp³-hybridized carbons (Fsp3) is 0.750. The molecule has 1 fully saturated rings. The summed E-state index contributed by atoms with van der Waals surface area (Å²) >= 11 is 0. The van der Waals surface area contributed by atoms with Crippen LogP contribution in [0.15, 0.2) is 4.52 Å². The van der Waals surface area contributed by atoms with E-state index in [4.69, 9.17) is 9.26 Å². The molecule has 0 saturated heterocycles. The molecule has 0 aliphatic heterocycles. The van der Waals surface area contributed by atoms with Crippen molar-refractivity contribution in [3.8, 4) is 0 Å². The lowest BCUT2D eigenvalue weighted by Crippen LogP contribution is -2.35. The molecule has 20 heavy (non-hydrogen) atoms. The van der Waals surface area contributed by atoms with Gasteiger partial charge in [0.25, 0.3) is 0 Å². The molecular formula is C12H18N2O5S. The molecule has 1 heterocycles. The minimum Gasteiger partial charge on any atom is -0.465 e. The first-order chi connectivity index (χ1) is 9.37. The standard InChI is InChI=1S/C12H18N2O5S/c1-3-18-11(15)12(6-4-5-7-12)10-13-9(14-19-10)8-20(2,16)17/h3-8H2,1-2H3. The van der Waals surface area contributed by atoms with Crippen LogP contribution in [0.2, 0.25) is 0 Å². The van der Waals surface area contributed by atoms with Crippen LogP contribution in [0.4, 0.5) is 0 Å². The van der Waals surface area contributed by atoms with Crippen LogP contribution in [0.25, 0.3) is 0 Å². The lowest BCUT2D eigenvalue weighted by Gasteiger charge is -2.21. The number of hydrogen-bond donors (Lipinski definition) is 0. The molecule has 0 aromatic carbocycles. The number of ether oxygens (including phenoxy) is 1. The van der Waals surface area contributed by atoms with Crippen LogP contribution >= 0.6 is 0 Å². The Kier molecular flexibility index (Phi) is 4.12. The SMILES string of the molecule is CCOC(=O)C1(c2nc(CS(C)(=O)=O)no2)CCCC1. The third-order valence-corrected chi connectivity index (χ3v) is 4.17. The number of nitrogens with zero attached hydrogens (tertiary/aromatic N) is 2. The Bertz CT molecular complexity index is 587. The predicted molar refractivity (Wildman–Crippen MR) is 69.6 cm³/mol. The van der Waals surface area contributed by atoms with Gasteiger partial charge in [0.1, 0.15) is 11.2 Å². The van der Waals surface area contributed by atoms with Gasteiger partial charge in [-0.25, -0.2) is 8.42 Å². The highest BCUT2D eigenvalue weighted by Gasteiger charge is 2.49. The molecule has 7 nitrogen and oxygen atoms in total. The summed E-state index contributed by atoms with van der Waals surface area (Å²) in [7, 11) is -3.24. The van der Waals surface area contributed by atoms with Crippen molar-refractivity contribution < 1.29 is 22.5 Å². The number of rotatable bonds is 5. The maximum atomic E-state index is 12.2. The van der Waals surface area contributed by atoms with E-state index in [1.807, 2.05) is 0 Å². The number of carbonyl (C=O) groups is 1. The minimum atomic E-state index is -3.24. The van der Waals surface area contributed by atoms with Crippen molar-refractivity contribution in [3.05, 3.63) is 11.7 Å². The van der Waals surface area contributed by atoms with Crippen molar-refractivity contribution >= 4 is 15.8 Å². The summed E-state index contributed by atoms with van der Waals surface area (Å²) in [5.41, 5.74) is -0.904. The Labute approximate surface area is 117 Å². The number of esters is 1. The number of carbonyl (C=O) groups excluding carboxylic acids is 1. The topological polar surface area (TPSA) is 99.4 Å². The summed E-state index contributed by atoms with van der Waals surface area (Å²) in [6.45, 7) is 2.02. The van der Waals surface area contributed by atoms with Gasteiger partial charge in [-0.05, 0) is 19.8 Å². The Morgan fingerprint density at radius 2 is 2.05 bits per heavy atom.